The number of rotatable bonds is 7. The van der Waals surface area contributed by atoms with Crippen LogP contribution in [-0.2, 0) is 0 Å². The highest BCUT2D eigenvalue weighted by atomic mass is 16.2. The van der Waals surface area contributed by atoms with Crippen LogP contribution >= 0.6 is 0 Å². The average molecular weight is 364 g/mol. The van der Waals surface area contributed by atoms with Crippen molar-refractivity contribution in [1.82, 2.24) is 10.2 Å². The quantitative estimate of drug-likeness (QED) is 0.567. The highest BCUT2D eigenvalue weighted by Crippen LogP contribution is 2.20. The Kier molecular flexibility index (Phi) is 6.30. The Morgan fingerprint density at radius 2 is 1.85 bits per heavy atom. The molecule has 0 saturated carbocycles. The van der Waals surface area contributed by atoms with E-state index in [1.165, 1.54) is 38.2 Å². The molecule has 0 unspecified atom stereocenters. The number of amides is 1. The third-order valence-electron chi connectivity index (χ3n) is 4.58. The monoisotopic (exact) mass is 364 g/mol. The number of allylic oxidation sites excluding steroid dienone is 1. The second kappa shape index (κ2) is 9.07. The molecule has 0 saturated heterocycles. The summed E-state index contributed by atoms with van der Waals surface area (Å²) >= 11 is 0. The topological polar surface area (TPSA) is 84.0 Å². The maximum atomic E-state index is 12.3. The molecule has 0 spiro atoms. The zero-order valence-corrected chi connectivity index (χ0v) is 15.5. The number of hydrogen-bond acceptors (Lipinski definition) is 5. The smallest absolute Gasteiger partial charge is 0.276 e. The molecule has 1 amide bonds. The van der Waals surface area contributed by atoms with Gasteiger partial charge in [0.15, 0.2) is 11.5 Å². The Morgan fingerprint density at radius 1 is 1.04 bits per heavy atom. The van der Waals surface area contributed by atoms with Crippen LogP contribution < -0.4 is 10.6 Å². The zero-order chi connectivity index (χ0) is 19.1. The number of carbonyl (C=O) groups excluding carboxylic acids is 2. The predicted molar refractivity (Wildman–Crippen MR) is 106 cm³/mol. The number of carbonyl (C=O) groups is 2. The SMILES string of the molecule is CC(=O)c1ccc(NC(=O)c2ccc(NCCC3=CCCCC3)nn2)cc1. The van der Waals surface area contributed by atoms with Crippen molar-refractivity contribution in [3.8, 4) is 0 Å². The minimum atomic E-state index is -0.336. The maximum absolute atomic E-state index is 12.3. The predicted octanol–water partition coefficient (Wildman–Crippen LogP) is 4.23. The van der Waals surface area contributed by atoms with Gasteiger partial charge < -0.3 is 10.6 Å². The van der Waals surface area contributed by atoms with Crippen molar-refractivity contribution in [3.63, 3.8) is 0 Å². The highest BCUT2D eigenvalue weighted by Gasteiger charge is 2.09. The van der Waals surface area contributed by atoms with E-state index in [1.807, 2.05) is 0 Å². The van der Waals surface area contributed by atoms with Gasteiger partial charge in [-0.25, -0.2) is 0 Å². The third-order valence-corrected chi connectivity index (χ3v) is 4.58. The summed E-state index contributed by atoms with van der Waals surface area (Å²) in [5.41, 5.74) is 2.96. The molecule has 1 aliphatic carbocycles. The molecule has 0 radical (unpaired) electrons. The van der Waals surface area contributed by atoms with Crippen LogP contribution in [0.4, 0.5) is 11.5 Å². The number of ketones is 1. The second-order valence-electron chi connectivity index (χ2n) is 6.68. The van der Waals surface area contributed by atoms with Crippen molar-refractivity contribution >= 4 is 23.2 Å². The van der Waals surface area contributed by atoms with E-state index in [1.54, 1.807) is 36.4 Å². The molecule has 1 aromatic heterocycles. The number of aromatic nitrogens is 2. The van der Waals surface area contributed by atoms with Crippen molar-refractivity contribution in [3.05, 3.63) is 59.3 Å². The fourth-order valence-electron chi connectivity index (χ4n) is 3.01. The van der Waals surface area contributed by atoms with E-state index in [9.17, 15) is 9.59 Å². The summed E-state index contributed by atoms with van der Waals surface area (Å²) in [5.74, 6) is 0.312. The summed E-state index contributed by atoms with van der Waals surface area (Å²) in [5, 5.41) is 14.1. The summed E-state index contributed by atoms with van der Waals surface area (Å²) in [7, 11) is 0. The average Bonchev–Trinajstić information content (AvgIpc) is 2.70. The van der Waals surface area contributed by atoms with Gasteiger partial charge in [-0.1, -0.05) is 11.6 Å². The third kappa shape index (κ3) is 5.48. The van der Waals surface area contributed by atoms with Gasteiger partial charge in [-0.15, -0.1) is 10.2 Å². The molecule has 1 aromatic carbocycles. The fraction of sp³-hybridized carbons (Fsp3) is 0.333. The Balaban J connectivity index is 1.50. The van der Waals surface area contributed by atoms with Gasteiger partial charge in [0.25, 0.3) is 5.91 Å². The lowest BCUT2D eigenvalue weighted by molar-refractivity contribution is 0.101. The minimum Gasteiger partial charge on any atom is -0.368 e. The van der Waals surface area contributed by atoms with Gasteiger partial charge in [-0.3, -0.25) is 9.59 Å². The normalized spacial score (nSPS) is 13.6. The van der Waals surface area contributed by atoms with Crippen molar-refractivity contribution in [2.45, 2.75) is 39.0 Å². The zero-order valence-electron chi connectivity index (χ0n) is 15.5. The van der Waals surface area contributed by atoms with Gasteiger partial charge in [0, 0.05) is 17.8 Å². The standard InChI is InChI=1S/C21H24N4O2/c1-15(26)17-7-9-18(10-8-17)23-21(27)19-11-12-20(25-24-19)22-14-13-16-5-3-2-4-6-16/h5,7-12H,2-4,6,13-14H2,1H3,(H,22,25)(H,23,27). The van der Waals surface area contributed by atoms with Crippen LogP contribution in [0.15, 0.2) is 48.0 Å². The largest absolute Gasteiger partial charge is 0.368 e. The number of hydrogen-bond donors (Lipinski definition) is 2. The molecule has 0 atom stereocenters. The van der Waals surface area contributed by atoms with Crippen LogP contribution in [0, 0.1) is 0 Å². The lowest BCUT2D eigenvalue weighted by atomic mass is 9.97. The van der Waals surface area contributed by atoms with E-state index >= 15 is 0 Å². The molecule has 1 heterocycles. The first-order valence-electron chi connectivity index (χ1n) is 9.30. The molecule has 6 nitrogen and oxygen atoms in total. The molecule has 27 heavy (non-hydrogen) atoms. The van der Waals surface area contributed by atoms with E-state index in [0.29, 0.717) is 17.1 Å². The van der Waals surface area contributed by atoms with Crippen LogP contribution in [0.5, 0.6) is 0 Å². The second-order valence-corrected chi connectivity index (χ2v) is 6.68. The van der Waals surface area contributed by atoms with Gasteiger partial charge in [0.2, 0.25) is 0 Å². The van der Waals surface area contributed by atoms with Crippen LogP contribution in [0.1, 0.15) is 59.9 Å². The molecular formula is C21H24N4O2. The van der Waals surface area contributed by atoms with E-state index < -0.39 is 0 Å². The molecule has 2 N–H and O–H groups in total. The van der Waals surface area contributed by atoms with Gasteiger partial charge in [0.1, 0.15) is 5.82 Å². The fourth-order valence-corrected chi connectivity index (χ4v) is 3.01. The van der Waals surface area contributed by atoms with Crippen molar-refractivity contribution in [2.75, 3.05) is 17.2 Å². The van der Waals surface area contributed by atoms with Crippen LogP contribution in [0.3, 0.4) is 0 Å². The summed E-state index contributed by atoms with van der Waals surface area (Å²) in [4.78, 5) is 23.5. The summed E-state index contributed by atoms with van der Waals surface area (Å²) < 4.78 is 0. The first-order valence-corrected chi connectivity index (χ1v) is 9.30. The maximum Gasteiger partial charge on any atom is 0.276 e. The van der Waals surface area contributed by atoms with Crippen molar-refractivity contribution in [1.29, 1.82) is 0 Å². The molecule has 1 aliphatic rings. The molecule has 0 bridgehead atoms. The van der Waals surface area contributed by atoms with E-state index in [2.05, 4.69) is 26.9 Å². The van der Waals surface area contributed by atoms with Gasteiger partial charge in [0.05, 0.1) is 0 Å². The number of nitrogens with zero attached hydrogens (tertiary/aromatic N) is 2. The summed E-state index contributed by atoms with van der Waals surface area (Å²) in [6.07, 6.45) is 8.32. The van der Waals surface area contributed by atoms with Crippen molar-refractivity contribution < 1.29 is 9.59 Å². The van der Waals surface area contributed by atoms with Crippen LogP contribution in [0.25, 0.3) is 0 Å². The van der Waals surface area contributed by atoms with Gasteiger partial charge >= 0.3 is 0 Å². The number of anilines is 2. The summed E-state index contributed by atoms with van der Waals surface area (Å²) in [6, 6.07) is 10.1. The van der Waals surface area contributed by atoms with Crippen LogP contribution in [0.2, 0.25) is 0 Å². The van der Waals surface area contributed by atoms with E-state index in [0.717, 1.165) is 13.0 Å². The van der Waals surface area contributed by atoms with Gasteiger partial charge in [-0.05, 0) is 75.4 Å². The summed E-state index contributed by atoms with van der Waals surface area (Å²) in [6.45, 7) is 2.32. The Labute approximate surface area is 159 Å². The van der Waals surface area contributed by atoms with E-state index in [-0.39, 0.29) is 17.4 Å². The first-order chi connectivity index (χ1) is 13.1. The molecule has 140 valence electrons. The molecule has 0 aliphatic heterocycles. The molecular weight excluding hydrogens is 340 g/mol. The molecule has 2 aromatic rings. The van der Waals surface area contributed by atoms with Crippen LogP contribution in [-0.4, -0.2) is 28.4 Å². The minimum absolute atomic E-state index is 0.0124. The first kappa shape index (κ1) is 18.8. The number of benzene rings is 1. The van der Waals surface area contributed by atoms with Crippen molar-refractivity contribution in [2.24, 2.45) is 0 Å². The molecule has 3 rings (SSSR count). The molecule has 0 fully saturated rings. The number of Topliss-reactive ketones (excluding diaryl/α,β-unsaturated/α-hetero) is 1. The number of nitrogens with one attached hydrogen (secondary N) is 2. The van der Waals surface area contributed by atoms with E-state index in [4.69, 9.17) is 0 Å². The Hall–Kier alpha value is -3.02. The Morgan fingerprint density at radius 3 is 2.48 bits per heavy atom. The lowest BCUT2D eigenvalue weighted by Crippen LogP contribution is -2.15. The Bertz CT molecular complexity index is 826. The molecule has 6 heteroatoms. The lowest BCUT2D eigenvalue weighted by Gasteiger charge is -2.13. The van der Waals surface area contributed by atoms with Gasteiger partial charge in [-0.2, -0.15) is 0 Å². The highest BCUT2D eigenvalue weighted by molar-refractivity contribution is 6.03.